The summed E-state index contributed by atoms with van der Waals surface area (Å²) in [6.45, 7) is -0.675. The minimum atomic E-state index is -1.95. The molecule has 0 spiro atoms. The lowest BCUT2D eigenvalue weighted by Gasteiger charge is -2.65. The van der Waals surface area contributed by atoms with Gasteiger partial charge in [-0.25, -0.2) is 0 Å². The Balaban J connectivity index is 0.837. The number of nitrogens with zero attached hydrogens (tertiary/aromatic N) is 1. The molecule has 1 aromatic heterocycles. The average Bonchev–Trinajstić information content (AvgIpc) is 3.93. The van der Waals surface area contributed by atoms with Crippen LogP contribution in [0.1, 0.15) is 59.1 Å². The quantitative estimate of drug-likeness (QED) is 0.0866. The Morgan fingerprint density at radius 2 is 1.06 bits per heavy atom. The van der Waals surface area contributed by atoms with Gasteiger partial charge in [-0.05, 0) is 126 Å². The van der Waals surface area contributed by atoms with Gasteiger partial charge in [-0.15, -0.1) is 0 Å². The SMILES string of the molecule is OC[C@@H]1O[C@]2(OC34CC[C@](OCCn5c6c7cc8c9c%10c(cc%11ccc%12cc%13c%14c%15c(cc(c5c%15c(c5c%10c%11c%12c%145)c96)CC7)C%13)C8)(O[C@H]3CO)[C@H](O)C4O)CCC1(O)C(O)[C@@H]2O. The lowest BCUT2D eigenvalue weighted by molar-refractivity contribution is -0.486. The molecule has 6 bridgehead atoms. The van der Waals surface area contributed by atoms with Gasteiger partial charge in [0.25, 0.3) is 0 Å². The molecule has 12 heteroatoms. The van der Waals surface area contributed by atoms with Crippen molar-refractivity contribution in [2.45, 2.75) is 117 Å². The lowest BCUT2D eigenvalue weighted by atomic mass is 9.67. The summed E-state index contributed by atoms with van der Waals surface area (Å²) in [6.07, 6.45) is -5.50. The Bertz CT molecular complexity index is 3330. The fourth-order valence-electron chi connectivity index (χ4n) is 15.1. The van der Waals surface area contributed by atoms with Gasteiger partial charge in [0.15, 0.2) is 11.6 Å². The molecule has 0 radical (unpaired) electrons. The van der Waals surface area contributed by atoms with Gasteiger partial charge in [-0.1, -0.05) is 36.4 Å². The first-order valence-electron chi connectivity index (χ1n) is 22.4. The number of aryl methyl sites for hydroxylation is 2. The highest BCUT2D eigenvalue weighted by Crippen LogP contribution is 2.62. The normalized spacial score (nSPS) is 35.7. The van der Waals surface area contributed by atoms with E-state index in [2.05, 4.69) is 41.0 Å². The number of aromatic nitrogens is 1. The van der Waals surface area contributed by atoms with E-state index in [1.165, 1.54) is 120 Å². The van der Waals surface area contributed by atoms with E-state index in [0.717, 1.165) is 25.7 Å². The summed E-state index contributed by atoms with van der Waals surface area (Å²) in [5.74, 6) is -3.63. The summed E-state index contributed by atoms with van der Waals surface area (Å²) in [4.78, 5) is 0. The van der Waals surface area contributed by atoms with Gasteiger partial charge in [0.05, 0.1) is 30.9 Å². The Labute approximate surface area is 351 Å². The highest BCUT2D eigenvalue weighted by molar-refractivity contribution is 6.55. The Hall–Kier alpha value is -4.28. The molecular weight excluding hydrogens is 791 g/mol. The molecule has 8 aromatic carbocycles. The maximum atomic E-state index is 12.0. The van der Waals surface area contributed by atoms with Crippen molar-refractivity contribution in [2.24, 2.45) is 0 Å². The summed E-state index contributed by atoms with van der Waals surface area (Å²) >= 11 is 0. The molecule has 9 aromatic rings. The minimum Gasteiger partial charge on any atom is -0.394 e. The Morgan fingerprint density at radius 3 is 1.68 bits per heavy atom. The first kappa shape index (κ1) is 35.1. The number of hydrogen-bond donors (Lipinski definition) is 7. The van der Waals surface area contributed by atoms with Crippen molar-refractivity contribution in [2.75, 3.05) is 19.8 Å². The van der Waals surface area contributed by atoms with Crippen LogP contribution in [0.3, 0.4) is 0 Å². The number of fused-ring (bicyclic) bond motifs is 6. The average molecular weight is 834 g/mol. The number of aliphatic hydroxyl groups excluding tert-OH is 6. The van der Waals surface area contributed by atoms with E-state index in [1.54, 1.807) is 0 Å². The fraction of sp³-hybridized carbons (Fsp3) is 0.440. The number of benzene rings is 7. The molecule has 10 atom stereocenters. The van der Waals surface area contributed by atoms with E-state index in [0.29, 0.717) is 6.54 Å². The number of aliphatic hydroxyl groups is 7. The van der Waals surface area contributed by atoms with Crippen LogP contribution in [0.2, 0.25) is 0 Å². The molecule has 314 valence electrons. The molecule has 6 fully saturated rings. The second kappa shape index (κ2) is 10.6. The predicted octanol–water partition coefficient (Wildman–Crippen LogP) is 4.08. The predicted molar refractivity (Wildman–Crippen MR) is 229 cm³/mol. The fourth-order valence-corrected chi connectivity index (χ4v) is 15.1. The van der Waals surface area contributed by atoms with Crippen molar-refractivity contribution >= 4 is 86.4 Å². The first-order chi connectivity index (χ1) is 30.0. The van der Waals surface area contributed by atoms with E-state index in [4.69, 9.17) is 18.9 Å². The second-order valence-corrected chi connectivity index (χ2v) is 20.1. The number of pyridine rings is 1. The molecule has 62 heavy (non-hydrogen) atoms. The van der Waals surface area contributed by atoms with Gasteiger partial charge in [0.2, 0.25) is 0 Å². The zero-order valence-electron chi connectivity index (χ0n) is 33.6. The summed E-state index contributed by atoms with van der Waals surface area (Å²) in [7, 11) is 0. The van der Waals surface area contributed by atoms with Gasteiger partial charge < -0.3 is 59.3 Å². The maximum absolute atomic E-state index is 12.0. The third kappa shape index (κ3) is 3.49. The molecule has 18 rings (SSSR count). The van der Waals surface area contributed by atoms with E-state index < -0.39 is 72.6 Å². The van der Waals surface area contributed by atoms with Crippen LogP contribution in [0.15, 0.2) is 36.4 Å². The minimum absolute atomic E-state index is 0.0535. The molecule has 6 heterocycles. The van der Waals surface area contributed by atoms with Crippen LogP contribution in [0.5, 0.6) is 0 Å². The first-order valence-corrected chi connectivity index (χ1v) is 22.4. The number of hydrogen-bond acceptors (Lipinski definition) is 11. The zero-order valence-corrected chi connectivity index (χ0v) is 33.6. The summed E-state index contributed by atoms with van der Waals surface area (Å²) in [5, 5.41) is 97.6. The zero-order chi connectivity index (χ0) is 41.3. The lowest BCUT2D eigenvalue weighted by Crippen LogP contribution is -2.82. The monoisotopic (exact) mass is 833 g/mol. The van der Waals surface area contributed by atoms with Crippen molar-refractivity contribution in [3.63, 3.8) is 0 Å². The summed E-state index contributed by atoms with van der Waals surface area (Å²) < 4.78 is 28.2. The van der Waals surface area contributed by atoms with Gasteiger partial charge >= 0.3 is 0 Å². The van der Waals surface area contributed by atoms with Crippen molar-refractivity contribution in [1.29, 1.82) is 0 Å². The Morgan fingerprint density at radius 1 is 0.548 bits per heavy atom. The van der Waals surface area contributed by atoms with Crippen molar-refractivity contribution in [3.05, 3.63) is 69.8 Å². The van der Waals surface area contributed by atoms with Gasteiger partial charge in [-0.2, -0.15) is 0 Å². The van der Waals surface area contributed by atoms with Crippen LogP contribution in [0, 0.1) is 0 Å². The van der Waals surface area contributed by atoms with Crippen LogP contribution >= 0.6 is 0 Å². The van der Waals surface area contributed by atoms with Crippen molar-refractivity contribution < 1.29 is 54.7 Å². The molecule has 9 aliphatic rings. The van der Waals surface area contributed by atoms with Gasteiger partial charge in [0, 0.05) is 40.9 Å². The third-order valence-corrected chi connectivity index (χ3v) is 17.6. The van der Waals surface area contributed by atoms with E-state index >= 15 is 0 Å². The molecule has 12 nitrogen and oxygen atoms in total. The van der Waals surface area contributed by atoms with Crippen molar-refractivity contribution in [1.82, 2.24) is 4.57 Å². The number of ether oxygens (including phenoxy) is 4. The third-order valence-electron chi connectivity index (χ3n) is 17.6. The maximum Gasteiger partial charge on any atom is 0.198 e. The van der Waals surface area contributed by atoms with Crippen LogP contribution in [0.25, 0.3) is 86.4 Å². The smallest absolute Gasteiger partial charge is 0.198 e. The van der Waals surface area contributed by atoms with Gasteiger partial charge in [-0.3, -0.25) is 0 Å². The molecule has 5 aliphatic heterocycles. The van der Waals surface area contributed by atoms with E-state index in [1.807, 2.05) is 0 Å². The number of rotatable bonds is 8. The van der Waals surface area contributed by atoms with Crippen molar-refractivity contribution in [3.8, 4) is 0 Å². The molecule has 4 unspecified atom stereocenters. The second-order valence-electron chi connectivity index (χ2n) is 20.1. The molecular formula is C50H43NO11. The van der Waals surface area contributed by atoms with Gasteiger partial charge in [0.1, 0.15) is 47.8 Å². The van der Waals surface area contributed by atoms with Crippen LogP contribution < -0.4 is 0 Å². The van der Waals surface area contributed by atoms with Crippen LogP contribution in [0.4, 0.5) is 0 Å². The highest BCUT2D eigenvalue weighted by atomic mass is 16.8. The molecule has 0 amide bonds. The van der Waals surface area contributed by atoms with Crippen LogP contribution in [-0.2, 0) is 51.2 Å². The Kier molecular flexibility index (Phi) is 6.02. The van der Waals surface area contributed by atoms with Crippen LogP contribution in [-0.4, -0.2) is 120 Å². The largest absolute Gasteiger partial charge is 0.394 e. The molecule has 4 saturated heterocycles. The molecule has 7 N–H and O–H groups in total. The highest BCUT2D eigenvalue weighted by Gasteiger charge is 2.73. The standard InChI is InChI=1S/C50H43NO11/c52-17-27-47(58)5-7-50(60-27,45(56)43(47)54)62-48-6-8-49(46(57)44(48)55,61-28(48)18-53)59-10-9-51-41-21-3-4-22-14-26-16-24-12-20-2-1-19-11-23-15-25(13-21)33-31(23)35-29(19)30(20)36-32(24)34(26)40(42(22)51)38(37(35)36)39(33)41/h1-2,11-14,27-28,43-46,52-58H,3-10,15-18H2/t27-,28-,43?,44?,45-,46+,47?,48?,49-,50-/m0/s1. The topological polar surface area (TPSA) is 183 Å². The summed E-state index contributed by atoms with van der Waals surface area (Å²) in [6, 6.07) is 14.5. The summed E-state index contributed by atoms with van der Waals surface area (Å²) in [5.41, 5.74) is 7.11. The molecule has 2 saturated carbocycles. The molecule has 4 aliphatic carbocycles. The van der Waals surface area contributed by atoms with E-state index in [9.17, 15) is 35.7 Å². The van der Waals surface area contributed by atoms with E-state index in [-0.39, 0.29) is 32.3 Å².